The lowest BCUT2D eigenvalue weighted by molar-refractivity contribution is 0.0861. The Morgan fingerprint density at radius 3 is 2.38 bits per heavy atom. The van der Waals surface area contributed by atoms with Crippen molar-refractivity contribution in [1.82, 2.24) is 4.98 Å². The molecule has 90 valence electrons. The fourth-order valence-electron chi connectivity index (χ4n) is 1.64. The summed E-state index contributed by atoms with van der Waals surface area (Å²) < 4.78 is 6.04. The molecule has 4 heteroatoms. The van der Waals surface area contributed by atoms with Crippen LogP contribution in [0.4, 0.5) is 0 Å². The van der Waals surface area contributed by atoms with Crippen LogP contribution < -0.4 is 0 Å². The molecule has 1 aromatic heterocycles. The van der Waals surface area contributed by atoms with E-state index in [9.17, 15) is 5.11 Å². The van der Waals surface area contributed by atoms with Crippen molar-refractivity contribution in [3.63, 3.8) is 0 Å². The maximum absolute atomic E-state index is 9.46. The number of pyridine rings is 1. The van der Waals surface area contributed by atoms with Gasteiger partial charge in [0.15, 0.2) is 9.04 Å². The van der Waals surface area contributed by atoms with Crippen molar-refractivity contribution >= 4 is 9.04 Å². The zero-order chi connectivity index (χ0) is 12.3. The molecule has 0 aliphatic carbocycles. The molecule has 1 N–H and O–H groups in total. The minimum Gasteiger partial charge on any atom is -0.506 e. The lowest BCUT2D eigenvalue weighted by Crippen LogP contribution is -2.25. The summed E-state index contributed by atoms with van der Waals surface area (Å²) in [5.41, 5.74) is 0.959. The van der Waals surface area contributed by atoms with Gasteiger partial charge < -0.3 is 9.53 Å². The number of nitrogens with zero attached hydrogens (tertiary/aromatic N) is 1. The summed E-state index contributed by atoms with van der Waals surface area (Å²) in [4.78, 5) is 4.01. The molecule has 0 radical (unpaired) electrons. The van der Waals surface area contributed by atoms with Crippen molar-refractivity contribution < 1.29 is 9.53 Å². The Morgan fingerprint density at radius 1 is 1.31 bits per heavy atom. The maximum atomic E-state index is 9.46. The Morgan fingerprint density at radius 2 is 1.94 bits per heavy atom. The SMILES string of the molecule is C[SiH](C)OC(c1cncc(O)c1)C(C)(C)C. The third-order valence-corrected chi connectivity index (χ3v) is 3.06. The summed E-state index contributed by atoms with van der Waals surface area (Å²) in [5, 5.41) is 9.46. The number of aromatic nitrogens is 1. The minimum absolute atomic E-state index is 0.00114. The van der Waals surface area contributed by atoms with E-state index < -0.39 is 9.04 Å². The number of hydrogen-bond acceptors (Lipinski definition) is 3. The van der Waals surface area contributed by atoms with Crippen molar-refractivity contribution in [3.8, 4) is 5.75 Å². The van der Waals surface area contributed by atoms with E-state index in [-0.39, 0.29) is 17.3 Å². The van der Waals surface area contributed by atoms with Gasteiger partial charge in [0.25, 0.3) is 0 Å². The fourth-order valence-corrected chi connectivity index (χ4v) is 2.75. The van der Waals surface area contributed by atoms with Crippen LogP contribution in [-0.4, -0.2) is 19.1 Å². The topological polar surface area (TPSA) is 42.4 Å². The maximum Gasteiger partial charge on any atom is 0.171 e. The van der Waals surface area contributed by atoms with Crippen molar-refractivity contribution in [1.29, 1.82) is 0 Å². The van der Waals surface area contributed by atoms with Crippen LogP contribution in [0.3, 0.4) is 0 Å². The quantitative estimate of drug-likeness (QED) is 0.825. The molecule has 0 saturated carbocycles. The van der Waals surface area contributed by atoms with Gasteiger partial charge in [-0.1, -0.05) is 20.8 Å². The van der Waals surface area contributed by atoms with Crippen molar-refractivity contribution in [2.24, 2.45) is 5.41 Å². The summed E-state index contributed by atoms with van der Waals surface area (Å²) in [6.07, 6.45) is 3.21. The minimum atomic E-state index is -1.12. The van der Waals surface area contributed by atoms with Crippen LogP contribution in [0.5, 0.6) is 5.75 Å². The molecular formula is C12H21NO2Si. The van der Waals surface area contributed by atoms with Gasteiger partial charge in [-0.05, 0) is 24.6 Å². The smallest absolute Gasteiger partial charge is 0.171 e. The second kappa shape index (κ2) is 4.97. The summed E-state index contributed by atoms with van der Waals surface area (Å²) in [5.74, 6) is 0.195. The van der Waals surface area contributed by atoms with Crippen LogP contribution in [-0.2, 0) is 4.43 Å². The van der Waals surface area contributed by atoms with Gasteiger partial charge >= 0.3 is 0 Å². The Labute approximate surface area is 99.2 Å². The van der Waals surface area contributed by atoms with Crippen molar-refractivity contribution in [2.75, 3.05) is 0 Å². The number of rotatable bonds is 3. The predicted octanol–water partition coefficient (Wildman–Crippen LogP) is 2.87. The van der Waals surface area contributed by atoms with Crippen LogP contribution in [0, 0.1) is 5.41 Å². The fraction of sp³-hybridized carbons (Fsp3) is 0.583. The molecule has 0 amide bonds. The van der Waals surface area contributed by atoms with Crippen molar-refractivity contribution in [3.05, 3.63) is 24.0 Å². The average Bonchev–Trinajstić information content (AvgIpc) is 2.12. The number of hydrogen-bond donors (Lipinski definition) is 1. The summed E-state index contributed by atoms with van der Waals surface area (Å²) in [7, 11) is -1.12. The molecule has 0 aliphatic rings. The molecule has 0 aliphatic heterocycles. The van der Waals surface area contributed by atoms with E-state index in [0.717, 1.165) is 5.56 Å². The Balaban J connectivity index is 3.01. The first-order chi connectivity index (χ1) is 7.30. The van der Waals surface area contributed by atoms with E-state index in [0.29, 0.717) is 0 Å². The highest BCUT2D eigenvalue weighted by Gasteiger charge is 2.28. The predicted molar refractivity (Wildman–Crippen MR) is 68.1 cm³/mol. The molecule has 1 heterocycles. The van der Waals surface area contributed by atoms with Gasteiger partial charge in [0.05, 0.1) is 12.3 Å². The Bertz CT molecular complexity index is 347. The molecule has 3 nitrogen and oxygen atoms in total. The first kappa shape index (κ1) is 13.2. The molecule has 0 bridgehead atoms. The van der Waals surface area contributed by atoms with Gasteiger partial charge in [-0.2, -0.15) is 0 Å². The van der Waals surface area contributed by atoms with Crippen LogP contribution in [0.2, 0.25) is 13.1 Å². The average molecular weight is 239 g/mol. The zero-order valence-corrected chi connectivity index (χ0v) is 11.8. The van der Waals surface area contributed by atoms with Crippen molar-refractivity contribution in [2.45, 2.75) is 40.0 Å². The normalized spacial score (nSPS) is 14.1. The molecule has 1 atom stereocenters. The van der Waals surface area contributed by atoms with E-state index in [1.807, 2.05) is 0 Å². The molecule has 1 unspecified atom stereocenters. The monoisotopic (exact) mass is 239 g/mol. The molecule has 1 aromatic rings. The van der Waals surface area contributed by atoms with Gasteiger partial charge in [-0.25, -0.2) is 0 Å². The van der Waals surface area contributed by atoms with Gasteiger partial charge in [0.2, 0.25) is 0 Å². The first-order valence-electron chi connectivity index (χ1n) is 5.60. The summed E-state index contributed by atoms with van der Waals surface area (Å²) in [6, 6.07) is 1.74. The van der Waals surface area contributed by atoms with Gasteiger partial charge in [0.1, 0.15) is 5.75 Å². The van der Waals surface area contributed by atoms with Crippen LogP contribution >= 0.6 is 0 Å². The lowest BCUT2D eigenvalue weighted by Gasteiger charge is -2.32. The molecule has 0 spiro atoms. The van der Waals surface area contributed by atoms with Crippen LogP contribution in [0.15, 0.2) is 18.5 Å². The molecule has 0 saturated heterocycles. The third kappa shape index (κ3) is 3.61. The largest absolute Gasteiger partial charge is 0.506 e. The Kier molecular flexibility index (Phi) is 4.10. The van der Waals surface area contributed by atoms with Gasteiger partial charge in [-0.3, -0.25) is 4.98 Å². The molecule has 16 heavy (non-hydrogen) atoms. The highest BCUT2D eigenvalue weighted by molar-refractivity contribution is 6.48. The zero-order valence-electron chi connectivity index (χ0n) is 10.7. The van der Waals surface area contributed by atoms with Gasteiger partial charge in [-0.15, -0.1) is 0 Å². The van der Waals surface area contributed by atoms with E-state index in [1.54, 1.807) is 12.3 Å². The van der Waals surface area contributed by atoms with E-state index in [2.05, 4.69) is 38.8 Å². The van der Waals surface area contributed by atoms with E-state index in [1.165, 1.54) is 6.20 Å². The summed E-state index contributed by atoms with van der Waals surface area (Å²) >= 11 is 0. The number of aromatic hydroxyl groups is 1. The second-order valence-electron chi connectivity index (χ2n) is 5.41. The van der Waals surface area contributed by atoms with Crippen LogP contribution in [0.1, 0.15) is 32.4 Å². The molecule has 0 aromatic carbocycles. The molecule has 0 fully saturated rings. The first-order valence-corrected chi connectivity index (χ1v) is 8.38. The van der Waals surface area contributed by atoms with E-state index in [4.69, 9.17) is 4.43 Å². The Hall–Kier alpha value is -0.873. The molecular weight excluding hydrogens is 218 g/mol. The third-order valence-electron chi connectivity index (χ3n) is 2.24. The highest BCUT2D eigenvalue weighted by atomic mass is 28.3. The second-order valence-corrected chi connectivity index (χ2v) is 7.78. The van der Waals surface area contributed by atoms with Gasteiger partial charge in [0, 0.05) is 11.8 Å². The molecule has 1 rings (SSSR count). The summed E-state index contributed by atoms with van der Waals surface area (Å²) in [6.45, 7) is 10.7. The lowest BCUT2D eigenvalue weighted by atomic mass is 9.85. The van der Waals surface area contributed by atoms with E-state index >= 15 is 0 Å². The standard InChI is InChI=1S/C12H21NO2Si/c1-12(2,3)11(15-16(4)5)9-6-10(14)8-13-7-9/h6-8,11,14,16H,1-5H3. The van der Waals surface area contributed by atoms with Crippen LogP contribution in [0.25, 0.3) is 0 Å². The highest BCUT2D eigenvalue weighted by Crippen LogP contribution is 2.37.